The minimum absolute atomic E-state index is 0.218. The number of aliphatic hydroxyl groups is 1. The Balaban J connectivity index is 1.97. The number of aromatic nitrogens is 2. The first-order valence-corrected chi connectivity index (χ1v) is 7.00. The molecule has 1 N–H and O–H groups in total. The van der Waals surface area contributed by atoms with Crippen LogP contribution in [0.5, 0.6) is 0 Å². The molecule has 1 aromatic rings. The van der Waals surface area contributed by atoms with Gasteiger partial charge < -0.3 is 9.84 Å². The highest BCUT2D eigenvalue weighted by molar-refractivity contribution is 5.09. The average Bonchev–Trinajstić information content (AvgIpc) is 2.76. The maximum atomic E-state index is 10.7. The van der Waals surface area contributed by atoms with E-state index in [1.54, 1.807) is 0 Å². The molecular weight excluding hydrogens is 228 g/mol. The Morgan fingerprint density at radius 1 is 1.56 bits per heavy atom. The molecule has 4 heteroatoms. The second kappa shape index (κ2) is 5.85. The minimum Gasteiger partial charge on any atom is -0.389 e. The van der Waals surface area contributed by atoms with Crippen molar-refractivity contribution in [1.82, 2.24) is 9.78 Å². The molecule has 4 nitrogen and oxygen atoms in total. The van der Waals surface area contributed by atoms with Crippen LogP contribution in [0.25, 0.3) is 0 Å². The molecular formula is C14H24N2O2. The van der Waals surface area contributed by atoms with Crippen LogP contribution in [0.4, 0.5) is 0 Å². The zero-order valence-electron chi connectivity index (χ0n) is 11.4. The molecule has 2 heterocycles. The molecule has 0 aromatic carbocycles. The van der Waals surface area contributed by atoms with Crippen LogP contribution in [0.3, 0.4) is 0 Å². The predicted molar refractivity (Wildman–Crippen MR) is 70.4 cm³/mol. The highest BCUT2D eigenvalue weighted by Gasteiger charge is 2.35. The Labute approximate surface area is 109 Å². The number of hydrogen-bond acceptors (Lipinski definition) is 3. The van der Waals surface area contributed by atoms with Gasteiger partial charge in [0, 0.05) is 32.2 Å². The quantitative estimate of drug-likeness (QED) is 0.873. The summed E-state index contributed by atoms with van der Waals surface area (Å²) in [7, 11) is 0. The van der Waals surface area contributed by atoms with Crippen molar-refractivity contribution >= 4 is 0 Å². The number of ether oxygens (including phenoxy) is 1. The summed E-state index contributed by atoms with van der Waals surface area (Å²) in [4.78, 5) is 0. The fourth-order valence-electron chi connectivity index (χ4n) is 2.72. The highest BCUT2D eigenvalue weighted by atomic mass is 16.5. The summed E-state index contributed by atoms with van der Waals surface area (Å²) in [6, 6.07) is 0. The van der Waals surface area contributed by atoms with Crippen molar-refractivity contribution in [1.29, 1.82) is 0 Å². The zero-order chi connectivity index (χ0) is 13.0. The highest BCUT2D eigenvalue weighted by Crippen LogP contribution is 2.30. The number of nitrogens with zero attached hydrogens (tertiary/aromatic N) is 2. The van der Waals surface area contributed by atoms with E-state index in [0.29, 0.717) is 13.0 Å². The molecule has 0 spiro atoms. The van der Waals surface area contributed by atoms with Crippen LogP contribution in [0.15, 0.2) is 12.4 Å². The molecule has 0 amide bonds. The zero-order valence-corrected chi connectivity index (χ0v) is 11.4. The molecule has 18 heavy (non-hydrogen) atoms. The smallest absolute Gasteiger partial charge is 0.0735 e. The molecule has 2 rings (SSSR count). The van der Waals surface area contributed by atoms with Crippen molar-refractivity contribution in [3.8, 4) is 0 Å². The molecule has 0 saturated carbocycles. The topological polar surface area (TPSA) is 47.3 Å². The van der Waals surface area contributed by atoms with E-state index in [9.17, 15) is 5.11 Å². The Morgan fingerprint density at radius 2 is 2.39 bits per heavy atom. The molecule has 0 aliphatic carbocycles. The molecule has 1 aromatic heterocycles. The van der Waals surface area contributed by atoms with Crippen LogP contribution >= 0.6 is 0 Å². The van der Waals surface area contributed by atoms with E-state index in [1.165, 1.54) is 0 Å². The van der Waals surface area contributed by atoms with Gasteiger partial charge in [-0.25, -0.2) is 0 Å². The molecule has 1 saturated heterocycles. The van der Waals surface area contributed by atoms with Gasteiger partial charge in [-0.05, 0) is 25.3 Å². The standard InChI is InChI=1S/C14H24N2O2/c1-3-5-13-9-14(17,6-7-18-13)8-12-10-15-16(4-2)11-12/h10-11,13,17H,3-9H2,1-2H3. The Kier molecular flexibility index (Phi) is 4.40. The third-order valence-electron chi connectivity index (χ3n) is 3.68. The molecule has 0 radical (unpaired) electrons. The van der Waals surface area contributed by atoms with Gasteiger partial charge in [-0.3, -0.25) is 4.68 Å². The fraction of sp³-hybridized carbons (Fsp3) is 0.786. The van der Waals surface area contributed by atoms with Gasteiger partial charge in [0.1, 0.15) is 0 Å². The summed E-state index contributed by atoms with van der Waals surface area (Å²) in [5.74, 6) is 0. The molecule has 2 unspecified atom stereocenters. The summed E-state index contributed by atoms with van der Waals surface area (Å²) in [5, 5.41) is 14.9. The number of aryl methyl sites for hydroxylation is 1. The number of rotatable bonds is 5. The molecule has 102 valence electrons. The Bertz CT molecular complexity index is 376. The minimum atomic E-state index is -0.611. The summed E-state index contributed by atoms with van der Waals surface area (Å²) < 4.78 is 7.60. The van der Waals surface area contributed by atoms with E-state index >= 15 is 0 Å². The van der Waals surface area contributed by atoms with Crippen molar-refractivity contribution in [2.75, 3.05) is 6.61 Å². The lowest BCUT2D eigenvalue weighted by Crippen LogP contribution is -2.42. The largest absolute Gasteiger partial charge is 0.389 e. The van der Waals surface area contributed by atoms with Gasteiger partial charge in [0.05, 0.1) is 17.9 Å². The summed E-state index contributed by atoms with van der Waals surface area (Å²) in [5.41, 5.74) is 0.510. The van der Waals surface area contributed by atoms with Gasteiger partial charge in [-0.1, -0.05) is 13.3 Å². The maximum Gasteiger partial charge on any atom is 0.0735 e. The lowest BCUT2D eigenvalue weighted by atomic mass is 9.84. The van der Waals surface area contributed by atoms with E-state index in [2.05, 4.69) is 18.9 Å². The fourth-order valence-corrected chi connectivity index (χ4v) is 2.72. The monoisotopic (exact) mass is 252 g/mol. The van der Waals surface area contributed by atoms with Crippen LogP contribution in [0, 0.1) is 0 Å². The van der Waals surface area contributed by atoms with Gasteiger partial charge in [0.25, 0.3) is 0 Å². The number of hydrogen-bond donors (Lipinski definition) is 1. The molecule has 1 aliphatic rings. The lowest BCUT2D eigenvalue weighted by molar-refractivity contribution is -0.104. The normalized spacial score (nSPS) is 28.5. The van der Waals surface area contributed by atoms with Gasteiger partial charge in [0.2, 0.25) is 0 Å². The Hall–Kier alpha value is -0.870. The van der Waals surface area contributed by atoms with E-state index in [-0.39, 0.29) is 6.10 Å². The van der Waals surface area contributed by atoms with Crippen molar-refractivity contribution in [2.24, 2.45) is 0 Å². The van der Waals surface area contributed by atoms with E-state index in [4.69, 9.17) is 4.74 Å². The van der Waals surface area contributed by atoms with Gasteiger partial charge in [-0.2, -0.15) is 5.10 Å². The van der Waals surface area contributed by atoms with Gasteiger partial charge in [-0.15, -0.1) is 0 Å². The van der Waals surface area contributed by atoms with Crippen molar-refractivity contribution in [3.63, 3.8) is 0 Å². The molecule has 2 atom stereocenters. The van der Waals surface area contributed by atoms with Gasteiger partial charge >= 0.3 is 0 Å². The van der Waals surface area contributed by atoms with Crippen LogP contribution in [0.2, 0.25) is 0 Å². The summed E-state index contributed by atoms with van der Waals surface area (Å²) >= 11 is 0. The molecule has 1 fully saturated rings. The first-order chi connectivity index (χ1) is 8.65. The van der Waals surface area contributed by atoms with Crippen molar-refractivity contribution < 1.29 is 9.84 Å². The summed E-state index contributed by atoms with van der Waals surface area (Å²) in [6.07, 6.45) is 8.42. The predicted octanol–water partition coefficient (Wildman–Crippen LogP) is 2.16. The lowest BCUT2D eigenvalue weighted by Gasteiger charge is -2.36. The van der Waals surface area contributed by atoms with Gasteiger partial charge in [0.15, 0.2) is 0 Å². The third-order valence-corrected chi connectivity index (χ3v) is 3.68. The Morgan fingerprint density at radius 3 is 3.06 bits per heavy atom. The first kappa shape index (κ1) is 13.6. The second-order valence-electron chi connectivity index (χ2n) is 5.34. The summed E-state index contributed by atoms with van der Waals surface area (Å²) in [6.45, 7) is 5.77. The molecule has 0 bridgehead atoms. The van der Waals surface area contributed by atoms with E-state index < -0.39 is 5.60 Å². The van der Waals surface area contributed by atoms with Crippen molar-refractivity contribution in [3.05, 3.63) is 18.0 Å². The van der Waals surface area contributed by atoms with Crippen LogP contribution in [-0.4, -0.2) is 33.2 Å². The van der Waals surface area contributed by atoms with E-state index in [1.807, 2.05) is 17.1 Å². The van der Waals surface area contributed by atoms with Crippen LogP contribution in [-0.2, 0) is 17.7 Å². The second-order valence-corrected chi connectivity index (χ2v) is 5.34. The van der Waals surface area contributed by atoms with Crippen molar-refractivity contribution in [2.45, 2.75) is 64.2 Å². The van der Waals surface area contributed by atoms with Crippen LogP contribution < -0.4 is 0 Å². The SMILES string of the molecule is CCCC1CC(O)(Cc2cnn(CC)c2)CCO1. The average molecular weight is 252 g/mol. The van der Waals surface area contributed by atoms with Crippen LogP contribution in [0.1, 0.15) is 45.1 Å². The van der Waals surface area contributed by atoms with E-state index in [0.717, 1.165) is 37.8 Å². The third kappa shape index (κ3) is 3.33. The molecule has 1 aliphatic heterocycles. The first-order valence-electron chi connectivity index (χ1n) is 7.00. The maximum absolute atomic E-state index is 10.7.